The van der Waals surface area contributed by atoms with Crippen LogP contribution in [0.1, 0.15) is 73.1 Å². The number of nitrogens with zero attached hydrogens (tertiary/aromatic N) is 1. The van der Waals surface area contributed by atoms with Crippen molar-refractivity contribution in [1.82, 2.24) is 20.9 Å². The number of hydrogen-bond donors (Lipinski definition) is 4. The van der Waals surface area contributed by atoms with Gasteiger partial charge in [-0.1, -0.05) is 40.0 Å². The Labute approximate surface area is 195 Å². The zero-order valence-electron chi connectivity index (χ0n) is 20.4. The number of nitrogens with one attached hydrogen (secondary N) is 3. The molecule has 0 radical (unpaired) electrons. The molecule has 0 bridgehead atoms. The maximum atomic E-state index is 13.5. The van der Waals surface area contributed by atoms with Crippen LogP contribution in [0.3, 0.4) is 0 Å². The Morgan fingerprint density at radius 3 is 2.09 bits per heavy atom. The van der Waals surface area contributed by atoms with Gasteiger partial charge in [0.05, 0.1) is 6.04 Å². The predicted molar refractivity (Wildman–Crippen MR) is 123 cm³/mol. The molecule has 1 unspecified atom stereocenters. The van der Waals surface area contributed by atoms with Crippen molar-refractivity contribution in [2.24, 2.45) is 17.1 Å². The highest BCUT2D eigenvalue weighted by Crippen LogP contribution is 2.31. The number of nitrogens with two attached hydrogens (primary N) is 1. The molecule has 0 aromatic heterocycles. The van der Waals surface area contributed by atoms with Gasteiger partial charge in [-0.05, 0) is 44.4 Å². The molecule has 1 saturated heterocycles. The van der Waals surface area contributed by atoms with Gasteiger partial charge in [0.1, 0.15) is 12.1 Å². The van der Waals surface area contributed by atoms with Crippen LogP contribution in [0.4, 0.5) is 4.79 Å². The number of rotatable bonds is 9. The minimum absolute atomic E-state index is 0.0959. The van der Waals surface area contributed by atoms with Crippen molar-refractivity contribution in [2.45, 2.75) is 97.3 Å². The van der Waals surface area contributed by atoms with Crippen molar-refractivity contribution in [1.29, 1.82) is 0 Å². The van der Waals surface area contributed by atoms with Crippen molar-refractivity contribution in [3.8, 4) is 0 Å². The Hall–Kier alpha value is -2.65. The first-order valence-corrected chi connectivity index (χ1v) is 11.8. The number of urea groups is 1. The molecule has 5 N–H and O–H groups in total. The zero-order valence-corrected chi connectivity index (χ0v) is 20.4. The molecule has 186 valence electrons. The van der Waals surface area contributed by atoms with E-state index in [0.717, 1.165) is 19.3 Å². The van der Waals surface area contributed by atoms with E-state index in [1.807, 2.05) is 34.6 Å². The Bertz CT molecular complexity index is 772. The van der Waals surface area contributed by atoms with Gasteiger partial charge in [-0.2, -0.15) is 0 Å². The second-order valence-electron chi connectivity index (χ2n) is 10.6. The number of ketones is 1. The quantitative estimate of drug-likeness (QED) is 0.372. The van der Waals surface area contributed by atoms with E-state index in [1.54, 1.807) is 0 Å². The number of carbonyl (C=O) groups is 5. The van der Waals surface area contributed by atoms with Crippen LogP contribution >= 0.6 is 0 Å². The van der Waals surface area contributed by atoms with E-state index in [2.05, 4.69) is 16.0 Å². The summed E-state index contributed by atoms with van der Waals surface area (Å²) in [6.45, 7) is 9.54. The highest BCUT2D eigenvalue weighted by molar-refractivity contribution is 6.37. The fourth-order valence-electron chi connectivity index (χ4n) is 4.29. The second-order valence-corrected chi connectivity index (χ2v) is 10.6. The van der Waals surface area contributed by atoms with Gasteiger partial charge in [0.25, 0.3) is 5.91 Å². The Morgan fingerprint density at radius 1 is 0.970 bits per heavy atom. The summed E-state index contributed by atoms with van der Waals surface area (Å²) in [4.78, 5) is 64.2. The molecule has 10 heteroatoms. The highest BCUT2D eigenvalue weighted by Gasteiger charge is 2.43. The first kappa shape index (κ1) is 26.6. The minimum atomic E-state index is -1.08. The van der Waals surface area contributed by atoms with Crippen LogP contribution in [-0.4, -0.2) is 65.1 Å². The topological polar surface area (TPSA) is 151 Å². The largest absolute Gasteiger partial charge is 0.363 e. The van der Waals surface area contributed by atoms with Crippen LogP contribution in [0.2, 0.25) is 0 Å². The third kappa shape index (κ3) is 7.17. The lowest BCUT2D eigenvalue weighted by molar-refractivity contribution is -0.143. The molecule has 2 rings (SSSR count). The van der Waals surface area contributed by atoms with Crippen LogP contribution in [0.25, 0.3) is 0 Å². The van der Waals surface area contributed by atoms with Crippen molar-refractivity contribution >= 4 is 29.5 Å². The van der Waals surface area contributed by atoms with Gasteiger partial charge in [0.15, 0.2) is 0 Å². The summed E-state index contributed by atoms with van der Waals surface area (Å²) in [7, 11) is 0. The molecule has 3 atom stereocenters. The van der Waals surface area contributed by atoms with E-state index in [1.165, 1.54) is 4.90 Å². The molecular weight excluding hydrogens is 426 g/mol. The molecule has 1 aliphatic carbocycles. The van der Waals surface area contributed by atoms with E-state index in [4.69, 9.17) is 5.73 Å². The van der Waals surface area contributed by atoms with E-state index in [-0.39, 0.29) is 17.9 Å². The summed E-state index contributed by atoms with van der Waals surface area (Å²) in [6.07, 6.45) is 4.39. The molecule has 0 spiro atoms. The Kier molecular flexibility index (Phi) is 8.85. The standard InChI is InChI=1S/C23H39N5O5/c1-13(2)25-22(33)27-18(23(3,4)5)21(32)28-11-7-10-16(28)20(31)26-15(17(29)19(24)30)12-14-8-6-9-14/h13-16,18H,6-12H2,1-5H3,(H2,24,30)(H,26,31)(H2,25,27,33)/t15?,16-,18+/m0/s1. The zero-order chi connectivity index (χ0) is 24.9. The summed E-state index contributed by atoms with van der Waals surface area (Å²) in [6, 6.07) is -3.15. The second kappa shape index (κ2) is 11.0. The third-order valence-corrected chi connectivity index (χ3v) is 6.32. The summed E-state index contributed by atoms with van der Waals surface area (Å²) in [5.41, 5.74) is 4.60. The van der Waals surface area contributed by atoms with Crippen molar-refractivity contribution < 1.29 is 24.0 Å². The normalized spacial score (nSPS) is 20.5. The van der Waals surface area contributed by atoms with Crippen molar-refractivity contribution in [2.75, 3.05) is 6.54 Å². The SMILES string of the molecule is CC(C)NC(=O)N[C@H](C(=O)N1CCC[C@H]1C(=O)NC(CC1CCC1)C(=O)C(N)=O)C(C)(C)C. The molecular formula is C23H39N5O5. The van der Waals surface area contributed by atoms with Crippen LogP contribution < -0.4 is 21.7 Å². The summed E-state index contributed by atoms with van der Waals surface area (Å²) < 4.78 is 0. The molecule has 2 aliphatic rings. The monoisotopic (exact) mass is 465 g/mol. The summed E-state index contributed by atoms with van der Waals surface area (Å²) >= 11 is 0. The molecule has 10 nitrogen and oxygen atoms in total. The van der Waals surface area contributed by atoms with Crippen molar-refractivity contribution in [3.63, 3.8) is 0 Å². The van der Waals surface area contributed by atoms with Gasteiger partial charge >= 0.3 is 6.03 Å². The molecule has 1 saturated carbocycles. The van der Waals surface area contributed by atoms with Gasteiger partial charge in [-0.25, -0.2) is 4.79 Å². The molecule has 5 amide bonds. The van der Waals surface area contributed by atoms with E-state index >= 15 is 0 Å². The fourth-order valence-corrected chi connectivity index (χ4v) is 4.29. The smallest absolute Gasteiger partial charge is 0.315 e. The first-order chi connectivity index (χ1) is 15.3. The predicted octanol–water partition coefficient (Wildman–Crippen LogP) is 0.829. The molecule has 0 aromatic carbocycles. The van der Waals surface area contributed by atoms with E-state index in [0.29, 0.717) is 25.8 Å². The molecule has 0 aromatic rings. The summed E-state index contributed by atoms with van der Waals surface area (Å²) in [5, 5.41) is 8.16. The van der Waals surface area contributed by atoms with Crippen LogP contribution in [0, 0.1) is 11.3 Å². The van der Waals surface area contributed by atoms with E-state index < -0.39 is 47.2 Å². The average Bonchev–Trinajstić information content (AvgIpc) is 3.15. The maximum absolute atomic E-state index is 13.5. The lowest BCUT2D eigenvalue weighted by Gasteiger charge is -2.36. The maximum Gasteiger partial charge on any atom is 0.315 e. The number of hydrogen-bond acceptors (Lipinski definition) is 5. The van der Waals surface area contributed by atoms with Gasteiger partial charge in [-0.15, -0.1) is 0 Å². The highest BCUT2D eigenvalue weighted by atomic mass is 16.2. The number of carbonyl (C=O) groups excluding carboxylic acids is 5. The van der Waals surface area contributed by atoms with E-state index in [9.17, 15) is 24.0 Å². The molecule has 2 fully saturated rings. The van der Waals surface area contributed by atoms with Gasteiger partial charge in [0, 0.05) is 12.6 Å². The average molecular weight is 466 g/mol. The third-order valence-electron chi connectivity index (χ3n) is 6.32. The van der Waals surface area contributed by atoms with Gasteiger partial charge in [0.2, 0.25) is 17.6 Å². The van der Waals surface area contributed by atoms with Crippen LogP contribution in [-0.2, 0) is 19.2 Å². The molecule has 33 heavy (non-hydrogen) atoms. The number of Topliss-reactive ketones (excluding diaryl/α,β-unsaturated/α-hetero) is 1. The van der Waals surface area contributed by atoms with Crippen molar-refractivity contribution in [3.05, 3.63) is 0 Å². The lowest BCUT2D eigenvalue weighted by Crippen LogP contribution is -2.60. The Balaban J connectivity index is 2.14. The van der Waals surface area contributed by atoms with Crippen LogP contribution in [0.15, 0.2) is 0 Å². The number of amides is 5. The number of primary amides is 1. The lowest BCUT2D eigenvalue weighted by atomic mass is 9.80. The first-order valence-electron chi connectivity index (χ1n) is 11.8. The Morgan fingerprint density at radius 2 is 1.61 bits per heavy atom. The van der Waals surface area contributed by atoms with Gasteiger partial charge in [-0.3, -0.25) is 19.2 Å². The summed E-state index contributed by atoms with van der Waals surface area (Å²) in [5.74, 6) is -2.44. The minimum Gasteiger partial charge on any atom is -0.363 e. The molecule has 1 heterocycles. The van der Waals surface area contributed by atoms with Crippen LogP contribution in [0.5, 0.6) is 0 Å². The molecule has 1 aliphatic heterocycles. The van der Waals surface area contributed by atoms with Gasteiger partial charge < -0.3 is 26.6 Å². The fraction of sp³-hybridized carbons (Fsp3) is 0.783. The number of likely N-dealkylation sites (tertiary alicyclic amines) is 1.